The molecule has 198 valence electrons. The van der Waals surface area contributed by atoms with Crippen LogP contribution in [0.5, 0.6) is 0 Å². The van der Waals surface area contributed by atoms with Crippen molar-refractivity contribution >= 4 is 55.7 Å². The largest absolute Gasteiger partial charge is 0.384 e. The topological polar surface area (TPSA) is 91.4 Å². The minimum Gasteiger partial charge on any atom is -0.384 e. The third-order valence-corrected chi connectivity index (χ3v) is 8.24. The first-order valence-electron chi connectivity index (χ1n) is 12.1. The summed E-state index contributed by atoms with van der Waals surface area (Å²) in [6.07, 6.45) is 2.36. The molecule has 0 atom stereocenters. The lowest BCUT2D eigenvalue weighted by Crippen LogP contribution is -2.40. The fraction of sp³-hybridized carbons (Fsp3) is 0.214. The Morgan fingerprint density at radius 2 is 1.63 bits per heavy atom. The molecule has 1 amide bonds. The van der Waals surface area contributed by atoms with Crippen molar-refractivity contribution in [1.29, 1.82) is 0 Å². The number of sulfonamides is 1. The smallest absolute Gasteiger partial charge is 0.243 e. The minimum atomic E-state index is -3.93. The quantitative estimate of drug-likeness (QED) is 0.227. The predicted octanol–water partition coefficient (Wildman–Crippen LogP) is 5.66. The first-order chi connectivity index (χ1) is 18.2. The van der Waals surface area contributed by atoms with Crippen LogP contribution in [-0.4, -0.2) is 43.2 Å². The maximum atomic E-state index is 13.4. The molecule has 10 heteroatoms. The number of aromatic nitrogens is 1. The normalized spacial score (nSPS) is 11.6. The molecule has 0 unspecified atom stereocenters. The summed E-state index contributed by atoms with van der Waals surface area (Å²) < 4.78 is 28.0. The Kier molecular flexibility index (Phi) is 9.22. The van der Waals surface area contributed by atoms with Crippen LogP contribution in [0.1, 0.15) is 17.5 Å². The molecule has 0 aliphatic heterocycles. The zero-order chi connectivity index (χ0) is 27.1. The van der Waals surface area contributed by atoms with Crippen molar-refractivity contribution < 1.29 is 13.2 Å². The lowest BCUT2D eigenvalue weighted by molar-refractivity contribution is -0.121. The first kappa shape index (κ1) is 27.9. The monoisotopic (exact) mass is 570 g/mol. The number of anilines is 1. The van der Waals surface area contributed by atoms with E-state index in [9.17, 15) is 13.2 Å². The second-order valence-electron chi connectivity index (χ2n) is 8.86. The highest BCUT2D eigenvalue weighted by Gasteiger charge is 2.27. The van der Waals surface area contributed by atoms with Crippen LogP contribution in [0.15, 0.2) is 83.9 Å². The predicted molar refractivity (Wildman–Crippen MR) is 153 cm³/mol. The Bertz CT molecular complexity index is 1510. The molecule has 1 aromatic heterocycles. The first-order valence-corrected chi connectivity index (χ1v) is 14.3. The molecular formula is C28H28Cl2N4O3S. The van der Waals surface area contributed by atoms with Crippen LogP contribution in [0.2, 0.25) is 10.0 Å². The molecule has 0 spiro atoms. The van der Waals surface area contributed by atoms with Crippen molar-refractivity contribution in [2.45, 2.75) is 24.8 Å². The molecule has 1 heterocycles. The van der Waals surface area contributed by atoms with E-state index in [1.54, 1.807) is 6.20 Å². The van der Waals surface area contributed by atoms with E-state index >= 15 is 0 Å². The van der Waals surface area contributed by atoms with Gasteiger partial charge in [0, 0.05) is 46.9 Å². The van der Waals surface area contributed by atoms with Gasteiger partial charge in [-0.25, -0.2) is 8.42 Å². The van der Waals surface area contributed by atoms with Crippen molar-refractivity contribution in [3.05, 3.63) is 100 Å². The highest BCUT2D eigenvalue weighted by atomic mass is 35.5. The summed E-state index contributed by atoms with van der Waals surface area (Å²) in [6, 6.07) is 20.9. The number of benzene rings is 3. The van der Waals surface area contributed by atoms with E-state index in [0.29, 0.717) is 29.6 Å². The molecule has 3 aromatic carbocycles. The van der Waals surface area contributed by atoms with Crippen molar-refractivity contribution in [1.82, 2.24) is 14.6 Å². The summed E-state index contributed by atoms with van der Waals surface area (Å²) in [5.74, 6) is -0.376. The third kappa shape index (κ3) is 7.23. The van der Waals surface area contributed by atoms with E-state index in [2.05, 4.69) is 15.6 Å². The summed E-state index contributed by atoms with van der Waals surface area (Å²) in [6.45, 7) is 2.72. The second kappa shape index (κ2) is 12.6. The zero-order valence-electron chi connectivity index (χ0n) is 20.8. The average molecular weight is 572 g/mol. The summed E-state index contributed by atoms with van der Waals surface area (Å²) >= 11 is 12.0. The van der Waals surface area contributed by atoms with Gasteiger partial charge in [0.25, 0.3) is 0 Å². The molecule has 4 aromatic rings. The van der Waals surface area contributed by atoms with E-state index in [1.807, 2.05) is 55.5 Å². The Labute approximate surface area is 232 Å². The van der Waals surface area contributed by atoms with Gasteiger partial charge in [0.05, 0.1) is 17.0 Å². The molecule has 2 N–H and O–H groups in total. The summed E-state index contributed by atoms with van der Waals surface area (Å²) in [5.41, 5.74) is 3.58. The number of carbonyl (C=O) groups is 1. The van der Waals surface area contributed by atoms with Crippen LogP contribution in [-0.2, 0) is 21.4 Å². The van der Waals surface area contributed by atoms with Gasteiger partial charge in [0.15, 0.2) is 0 Å². The minimum absolute atomic E-state index is 0.0688. The molecule has 0 aliphatic rings. The number of fused-ring (bicyclic) bond motifs is 1. The van der Waals surface area contributed by atoms with Gasteiger partial charge < -0.3 is 10.6 Å². The highest BCUT2D eigenvalue weighted by Crippen LogP contribution is 2.24. The number of aryl methyl sites for hydroxylation is 1. The third-order valence-electron chi connectivity index (χ3n) is 5.95. The molecule has 0 fully saturated rings. The van der Waals surface area contributed by atoms with Crippen LogP contribution in [0.3, 0.4) is 0 Å². The zero-order valence-corrected chi connectivity index (χ0v) is 23.2. The maximum absolute atomic E-state index is 13.4. The SMILES string of the molecule is Cc1ccc(CN(CC(=O)NCCCNc2ccnc3cc(Cl)ccc23)S(=O)(=O)c2ccc(Cl)cc2)cc1. The molecule has 38 heavy (non-hydrogen) atoms. The molecule has 0 saturated heterocycles. The van der Waals surface area contributed by atoms with E-state index in [0.717, 1.165) is 27.7 Å². The Morgan fingerprint density at radius 3 is 2.37 bits per heavy atom. The van der Waals surface area contributed by atoms with Gasteiger partial charge in [-0.2, -0.15) is 4.31 Å². The van der Waals surface area contributed by atoms with E-state index < -0.39 is 10.0 Å². The lowest BCUT2D eigenvalue weighted by atomic mass is 10.1. The Balaban J connectivity index is 1.36. The van der Waals surface area contributed by atoms with E-state index in [-0.39, 0.29) is 23.9 Å². The number of nitrogens with one attached hydrogen (secondary N) is 2. The van der Waals surface area contributed by atoms with Gasteiger partial charge >= 0.3 is 0 Å². The molecule has 0 aliphatic carbocycles. The number of halogens is 2. The molecule has 4 rings (SSSR count). The van der Waals surface area contributed by atoms with Crippen molar-refractivity contribution in [3.63, 3.8) is 0 Å². The molecule has 0 radical (unpaired) electrons. The average Bonchev–Trinajstić information content (AvgIpc) is 2.89. The summed E-state index contributed by atoms with van der Waals surface area (Å²) in [4.78, 5) is 17.2. The fourth-order valence-corrected chi connectivity index (χ4v) is 5.59. The van der Waals surface area contributed by atoms with E-state index in [1.165, 1.54) is 28.6 Å². The van der Waals surface area contributed by atoms with Crippen molar-refractivity contribution in [2.75, 3.05) is 25.0 Å². The van der Waals surface area contributed by atoms with E-state index in [4.69, 9.17) is 23.2 Å². The van der Waals surface area contributed by atoms with Crippen LogP contribution in [0, 0.1) is 6.92 Å². The van der Waals surface area contributed by atoms with Crippen LogP contribution in [0.4, 0.5) is 5.69 Å². The Hall–Kier alpha value is -3.17. The Morgan fingerprint density at radius 1 is 0.921 bits per heavy atom. The van der Waals surface area contributed by atoms with Gasteiger partial charge in [0.1, 0.15) is 0 Å². The van der Waals surface area contributed by atoms with Gasteiger partial charge in [-0.1, -0.05) is 53.0 Å². The number of carbonyl (C=O) groups excluding carboxylic acids is 1. The molecule has 7 nitrogen and oxygen atoms in total. The lowest BCUT2D eigenvalue weighted by Gasteiger charge is -2.22. The number of hydrogen-bond acceptors (Lipinski definition) is 5. The van der Waals surface area contributed by atoms with Crippen LogP contribution >= 0.6 is 23.2 Å². The fourth-order valence-electron chi connectivity index (χ4n) is 3.91. The number of rotatable bonds is 11. The van der Waals surface area contributed by atoms with Gasteiger partial charge in [-0.3, -0.25) is 9.78 Å². The van der Waals surface area contributed by atoms with Crippen molar-refractivity contribution in [2.24, 2.45) is 0 Å². The maximum Gasteiger partial charge on any atom is 0.243 e. The van der Waals surface area contributed by atoms with Crippen LogP contribution < -0.4 is 10.6 Å². The van der Waals surface area contributed by atoms with Gasteiger partial charge in [-0.05, 0) is 67.4 Å². The van der Waals surface area contributed by atoms with Gasteiger partial charge in [-0.15, -0.1) is 0 Å². The number of nitrogens with zero attached hydrogens (tertiary/aromatic N) is 2. The second-order valence-corrected chi connectivity index (χ2v) is 11.7. The summed E-state index contributed by atoms with van der Waals surface area (Å²) in [5, 5.41) is 8.21. The van der Waals surface area contributed by atoms with Crippen LogP contribution in [0.25, 0.3) is 10.9 Å². The van der Waals surface area contributed by atoms with Crippen molar-refractivity contribution in [3.8, 4) is 0 Å². The molecule has 0 bridgehead atoms. The summed E-state index contributed by atoms with van der Waals surface area (Å²) in [7, 11) is -3.93. The number of hydrogen-bond donors (Lipinski definition) is 2. The molecule has 0 saturated carbocycles. The van der Waals surface area contributed by atoms with Gasteiger partial charge in [0.2, 0.25) is 15.9 Å². The molecular weight excluding hydrogens is 543 g/mol. The standard InChI is InChI=1S/C28H28Cl2N4O3S/c1-20-3-5-21(6-4-20)18-34(38(36,37)24-10-7-22(29)8-11-24)19-28(35)33-15-2-14-31-26-13-16-32-27-17-23(30)9-12-25(26)27/h3-13,16-17H,2,14-15,18-19H2,1H3,(H,31,32)(H,33,35). The number of pyridine rings is 1. The highest BCUT2D eigenvalue weighted by molar-refractivity contribution is 7.89. The number of amides is 1.